The zero-order valence-electron chi connectivity index (χ0n) is 13.6. The molecule has 4 nitrogen and oxygen atoms in total. The Labute approximate surface area is 137 Å². The van der Waals surface area contributed by atoms with E-state index in [1.807, 2.05) is 24.3 Å². The molecule has 122 valence electrons. The Balaban J connectivity index is 1.61. The van der Waals surface area contributed by atoms with Crippen molar-refractivity contribution in [1.82, 2.24) is 4.90 Å². The van der Waals surface area contributed by atoms with Crippen LogP contribution in [0.25, 0.3) is 10.8 Å². The molecule has 1 atom stereocenters. The maximum atomic E-state index is 9.23. The van der Waals surface area contributed by atoms with Crippen molar-refractivity contribution in [3.8, 4) is 5.75 Å². The Kier molecular flexibility index (Phi) is 5.21. The monoisotopic (exact) mass is 313 g/mol. The number of rotatable bonds is 5. The first-order valence-electron chi connectivity index (χ1n) is 8.40. The molecule has 3 rings (SSSR count). The molecule has 1 heterocycles. The Hall–Kier alpha value is -1.56. The third-order valence-corrected chi connectivity index (χ3v) is 4.72. The minimum Gasteiger partial charge on any atom is -0.492 e. The zero-order valence-corrected chi connectivity index (χ0v) is 13.6. The fraction of sp³-hybridized carbons (Fsp3) is 0.444. The number of fused-ring (bicyclic) bond motifs is 1. The van der Waals surface area contributed by atoms with Crippen LogP contribution in [0.3, 0.4) is 0 Å². The van der Waals surface area contributed by atoms with Crippen molar-refractivity contribution in [1.29, 1.82) is 0 Å². The molecule has 2 aromatic rings. The maximum Gasteiger partial charge on any atom is 0.488 e. The quantitative estimate of drug-likeness (QED) is 0.826. The van der Waals surface area contributed by atoms with E-state index in [9.17, 15) is 10.0 Å². The molecule has 1 saturated heterocycles. The van der Waals surface area contributed by atoms with Crippen LogP contribution in [0.1, 0.15) is 26.2 Å². The summed E-state index contributed by atoms with van der Waals surface area (Å²) in [7, 11) is -1.43. The van der Waals surface area contributed by atoms with Crippen LogP contribution in [0, 0.1) is 0 Å². The molecule has 1 aliphatic rings. The van der Waals surface area contributed by atoms with Gasteiger partial charge in [0.05, 0.1) is 0 Å². The van der Waals surface area contributed by atoms with Gasteiger partial charge in [0, 0.05) is 12.6 Å². The van der Waals surface area contributed by atoms with E-state index in [4.69, 9.17) is 4.74 Å². The van der Waals surface area contributed by atoms with Crippen LogP contribution in [0.15, 0.2) is 36.4 Å². The minimum absolute atomic E-state index is 0.505. The molecule has 2 aromatic carbocycles. The summed E-state index contributed by atoms with van der Waals surface area (Å²) in [6.45, 7) is 5.13. The molecule has 0 radical (unpaired) electrons. The third-order valence-electron chi connectivity index (χ3n) is 4.72. The molecule has 0 saturated carbocycles. The first-order valence-corrected chi connectivity index (χ1v) is 8.40. The predicted octanol–water partition coefficient (Wildman–Crippen LogP) is 1.77. The number of ether oxygens (including phenoxy) is 1. The van der Waals surface area contributed by atoms with E-state index in [-0.39, 0.29) is 0 Å². The zero-order chi connectivity index (χ0) is 16.2. The summed E-state index contributed by atoms with van der Waals surface area (Å²) in [6.07, 6.45) is 3.92. The van der Waals surface area contributed by atoms with Crippen molar-refractivity contribution >= 4 is 23.4 Å². The molecule has 23 heavy (non-hydrogen) atoms. The van der Waals surface area contributed by atoms with Crippen LogP contribution >= 0.6 is 0 Å². The SMILES string of the molecule is CC1CCCCN1CCOc1ccc2cc(B(O)O)ccc2c1. The summed E-state index contributed by atoms with van der Waals surface area (Å²) in [5.41, 5.74) is 0.505. The van der Waals surface area contributed by atoms with Crippen molar-refractivity contribution in [2.45, 2.75) is 32.2 Å². The highest BCUT2D eigenvalue weighted by atomic mass is 16.5. The Morgan fingerprint density at radius 3 is 2.70 bits per heavy atom. The fourth-order valence-electron chi connectivity index (χ4n) is 3.26. The van der Waals surface area contributed by atoms with Gasteiger partial charge < -0.3 is 14.8 Å². The molecule has 1 unspecified atom stereocenters. The predicted molar refractivity (Wildman–Crippen MR) is 94.2 cm³/mol. The molecule has 5 heteroatoms. The van der Waals surface area contributed by atoms with Crippen LogP contribution in [0.4, 0.5) is 0 Å². The number of piperidine rings is 1. The summed E-state index contributed by atoms with van der Waals surface area (Å²) >= 11 is 0. The Bertz CT molecular complexity index is 662. The standard InChI is InChI=1S/C18H24BNO3/c1-14-4-2-3-9-20(14)10-11-23-18-8-6-15-12-17(19(21)22)7-5-16(15)13-18/h5-8,12-14,21-22H,2-4,9-11H2,1H3. The Morgan fingerprint density at radius 1 is 1.13 bits per heavy atom. The number of benzene rings is 2. The average Bonchev–Trinajstić information content (AvgIpc) is 2.56. The molecule has 2 N–H and O–H groups in total. The van der Waals surface area contributed by atoms with Crippen LogP contribution in [-0.2, 0) is 0 Å². The number of likely N-dealkylation sites (tertiary alicyclic amines) is 1. The van der Waals surface area contributed by atoms with Gasteiger partial charge in [-0.15, -0.1) is 0 Å². The van der Waals surface area contributed by atoms with Gasteiger partial charge >= 0.3 is 7.12 Å². The fourth-order valence-corrected chi connectivity index (χ4v) is 3.26. The number of hydrogen-bond acceptors (Lipinski definition) is 4. The summed E-state index contributed by atoms with van der Waals surface area (Å²) in [6, 6.07) is 12.0. The van der Waals surface area contributed by atoms with E-state index in [1.54, 1.807) is 12.1 Å². The molecule has 0 amide bonds. The van der Waals surface area contributed by atoms with E-state index in [1.165, 1.54) is 25.8 Å². The summed E-state index contributed by atoms with van der Waals surface area (Å²) in [5, 5.41) is 20.5. The van der Waals surface area contributed by atoms with Gasteiger partial charge in [0.1, 0.15) is 12.4 Å². The summed E-state index contributed by atoms with van der Waals surface area (Å²) in [4.78, 5) is 2.50. The number of nitrogens with zero attached hydrogens (tertiary/aromatic N) is 1. The molecule has 1 aliphatic heterocycles. The first-order chi connectivity index (χ1) is 11.1. The van der Waals surface area contributed by atoms with Crippen molar-refractivity contribution in [2.75, 3.05) is 19.7 Å². The van der Waals surface area contributed by atoms with Gasteiger partial charge in [0.25, 0.3) is 0 Å². The first kappa shape index (κ1) is 16.3. The molecule has 0 spiro atoms. The van der Waals surface area contributed by atoms with E-state index in [0.717, 1.165) is 23.1 Å². The molecule has 0 aromatic heterocycles. The van der Waals surface area contributed by atoms with Crippen molar-refractivity contribution < 1.29 is 14.8 Å². The highest BCUT2D eigenvalue weighted by molar-refractivity contribution is 6.58. The highest BCUT2D eigenvalue weighted by Crippen LogP contribution is 2.21. The van der Waals surface area contributed by atoms with Crippen molar-refractivity contribution in [2.24, 2.45) is 0 Å². The second-order valence-electron chi connectivity index (χ2n) is 6.37. The van der Waals surface area contributed by atoms with Gasteiger partial charge in [-0.3, -0.25) is 4.90 Å². The van der Waals surface area contributed by atoms with Crippen LogP contribution in [0.2, 0.25) is 0 Å². The van der Waals surface area contributed by atoms with Crippen LogP contribution in [0.5, 0.6) is 5.75 Å². The molecule has 0 aliphatic carbocycles. The van der Waals surface area contributed by atoms with Gasteiger partial charge in [0.15, 0.2) is 0 Å². The van der Waals surface area contributed by atoms with E-state index in [0.29, 0.717) is 18.1 Å². The third kappa shape index (κ3) is 4.05. The average molecular weight is 313 g/mol. The molecule has 0 bridgehead atoms. The van der Waals surface area contributed by atoms with Gasteiger partial charge in [-0.1, -0.05) is 30.7 Å². The Morgan fingerprint density at radius 2 is 1.91 bits per heavy atom. The minimum atomic E-state index is -1.43. The lowest BCUT2D eigenvalue weighted by Gasteiger charge is -2.33. The highest BCUT2D eigenvalue weighted by Gasteiger charge is 2.17. The summed E-state index contributed by atoms with van der Waals surface area (Å²) in [5.74, 6) is 0.861. The second-order valence-corrected chi connectivity index (χ2v) is 6.37. The van der Waals surface area contributed by atoms with Gasteiger partial charge in [-0.25, -0.2) is 0 Å². The molecular formula is C18H24BNO3. The molecular weight excluding hydrogens is 289 g/mol. The molecule has 1 fully saturated rings. The maximum absolute atomic E-state index is 9.23. The van der Waals surface area contributed by atoms with Gasteiger partial charge in [-0.05, 0) is 54.7 Å². The number of hydrogen-bond donors (Lipinski definition) is 2. The smallest absolute Gasteiger partial charge is 0.488 e. The van der Waals surface area contributed by atoms with E-state index >= 15 is 0 Å². The van der Waals surface area contributed by atoms with Gasteiger partial charge in [-0.2, -0.15) is 0 Å². The normalized spacial score (nSPS) is 19.0. The van der Waals surface area contributed by atoms with Gasteiger partial charge in [0.2, 0.25) is 0 Å². The lowest BCUT2D eigenvalue weighted by molar-refractivity contribution is 0.133. The van der Waals surface area contributed by atoms with Crippen LogP contribution in [-0.4, -0.2) is 47.8 Å². The van der Waals surface area contributed by atoms with Crippen molar-refractivity contribution in [3.05, 3.63) is 36.4 Å². The van der Waals surface area contributed by atoms with E-state index < -0.39 is 7.12 Å². The van der Waals surface area contributed by atoms with E-state index in [2.05, 4.69) is 11.8 Å². The second kappa shape index (κ2) is 7.34. The lowest BCUT2D eigenvalue weighted by atomic mass is 9.79. The summed E-state index contributed by atoms with van der Waals surface area (Å²) < 4.78 is 5.90. The lowest BCUT2D eigenvalue weighted by Crippen LogP contribution is -2.39. The topological polar surface area (TPSA) is 52.9 Å². The largest absolute Gasteiger partial charge is 0.492 e. The van der Waals surface area contributed by atoms with Crippen LogP contribution < -0.4 is 10.2 Å². The van der Waals surface area contributed by atoms with Crippen molar-refractivity contribution in [3.63, 3.8) is 0 Å².